The van der Waals surface area contributed by atoms with Crippen molar-refractivity contribution in [2.75, 3.05) is 32.5 Å². The van der Waals surface area contributed by atoms with Gasteiger partial charge < -0.3 is 4.74 Å². The van der Waals surface area contributed by atoms with Crippen molar-refractivity contribution in [2.24, 2.45) is 0 Å². The van der Waals surface area contributed by atoms with Gasteiger partial charge in [0.1, 0.15) is 0 Å². The largest absolute Gasteiger partial charge is 0.375 e. The zero-order valence-corrected chi connectivity index (χ0v) is 13.9. The first-order chi connectivity index (χ1) is 10.4. The molecule has 0 aliphatic carbocycles. The van der Waals surface area contributed by atoms with Gasteiger partial charge in [-0.3, -0.25) is 9.88 Å². The minimum Gasteiger partial charge on any atom is -0.375 e. The van der Waals surface area contributed by atoms with Crippen molar-refractivity contribution in [3.63, 3.8) is 0 Å². The molecule has 3 heterocycles. The number of pyridine rings is 1. The first-order valence-electron chi connectivity index (χ1n) is 7.66. The minimum absolute atomic E-state index is 0.0181. The normalized spacial score (nSPS) is 27.5. The third kappa shape index (κ3) is 3.32. The average Bonchev–Trinajstić information content (AvgIpc) is 2.48. The highest BCUT2D eigenvalue weighted by Gasteiger charge is 2.40. The fourth-order valence-electron chi connectivity index (χ4n) is 3.36. The smallest absolute Gasteiger partial charge is 0.211 e. The number of ether oxygens (including phenoxy) is 1. The number of piperidine rings is 1. The Kier molecular flexibility index (Phi) is 4.49. The van der Waals surface area contributed by atoms with Gasteiger partial charge in [-0.15, -0.1) is 0 Å². The summed E-state index contributed by atoms with van der Waals surface area (Å²) in [5, 5.41) is 0. The molecule has 1 aromatic heterocycles. The lowest BCUT2D eigenvalue weighted by Crippen LogP contribution is -2.60. The number of likely N-dealkylation sites (tertiary alicyclic amines) is 1. The van der Waals surface area contributed by atoms with E-state index in [2.05, 4.69) is 22.9 Å². The van der Waals surface area contributed by atoms with Crippen LogP contribution in [0.5, 0.6) is 0 Å². The molecule has 6 nitrogen and oxygen atoms in total. The van der Waals surface area contributed by atoms with Gasteiger partial charge in [0.05, 0.1) is 30.7 Å². The highest BCUT2D eigenvalue weighted by atomic mass is 32.2. The monoisotopic (exact) mass is 325 g/mol. The Labute approximate surface area is 132 Å². The molecule has 0 saturated carbocycles. The summed E-state index contributed by atoms with van der Waals surface area (Å²) >= 11 is 0. The number of aromatic nitrogens is 1. The maximum atomic E-state index is 12.0. The molecule has 0 aromatic carbocycles. The number of hydrogen-bond donors (Lipinski definition) is 0. The molecule has 2 aliphatic rings. The van der Waals surface area contributed by atoms with Crippen LogP contribution in [0.1, 0.15) is 17.7 Å². The molecule has 122 valence electrons. The fourth-order valence-corrected chi connectivity index (χ4v) is 4.46. The van der Waals surface area contributed by atoms with Crippen molar-refractivity contribution in [1.82, 2.24) is 14.2 Å². The predicted molar refractivity (Wildman–Crippen MR) is 83.9 cm³/mol. The van der Waals surface area contributed by atoms with Crippen LogP contribution in [0.15, 0.2) is 18.3 Å². The number of nitrogens with zero attached hydrogens (tertiary/aromatic N) is 3. The molecule has 2 saturated heterocycles. The maximum Gasteiger partial charge on any atom is 0.211 e. The first-order valence-corrected chi connectivity index (χ1v) is 9.51. The minimum atomic E-state index is -3.19. The van der Waals surface area contributed by atoms with Crippen LogP contribution in [0.4, 0.5) is 0 Å². The molecule has 0 unspecified atom stereocenters. The van der Waals surface area contributed by atoms with E-state index in [1.807, 2.05) is 12.3 Å². The second-order valence-electron chi connectivity index (χ2n) is 6.14. The van der Waals surface area contributed by atoms with Crippen LogP contribution in [-0.4, -0.2) is 67.2 Å². The Bertz CT molecular complexity index is 635. The Morgan fingerprint density at radius 3 is 2.95 bits per heavy atom. The highest BCUT2D eigenvalue weighted by molar-refractivity contribution is 7.88. The molecule has 2 fully saturated rings. The molecule has 2 aliphatic heterocycles. The van der Waals surface area contributed by atoms with Crippen molar-refractivity contribution in [1.29, 1.82) is 0 Å². The fraction of sp³-hybridized carbons (Fsp3) is 0.667. The van der Waals surface area contributed by atoms with E-state index in [1.165, 1.54) is 11.8 Å². The van der Waals surface area contributed by atoms with E-state index in [1.54, 1.807) is 4.31 Å². The number of rotatable bonds is 3. The molecule has 22 heavy (non-hydrogen) atoms. The van der Waals surface area contributed by atoms with Gasteiger partial charge in [-0.2, -0.15) is 4.31 Å². The van der Waals surface area contributed by atoms with Gasteiger partial charge in [0.15, 0.2) is 0 Å². The van der Waals surface area contributed by atoms with Crippen LogP contribution in [-0.2, 0) is 21.3 Å². The summed E-state index contributed by atoms with van der Waals surface area (Å²) in [6, 6.07) is 3.91. The van der Waals surface area contributed by atoms with E-state index in [9.17, 15) is 8.42 Å². The van der Waals surface area contributed by atoms with E-state index in [0.717, 1.165) is 25.2 Å². The Balaban J connectivity index is 1.74. The van der Waals surface area contributed by atoms with E-state index in [0.29, 0.717) is 19.7 Å². The second kappa shape index (κ2) is 6.23. The van der Waals surface area contributed by atoms with Crippen molar-refractivity contribution in [3.05, 3.63) is 29.6 Å². The number of sulfonamides is 1. The van der Waals surface area contributed by atoms with Gasteiger partial charge in [-0.25, -0.2) is 8.42 Å². The number of hydrogen-bond acceptors (Lipinski definition) is 5. The molecule has 0 N–H and O–H groups in total. The van der Waals surface area contributed by atoms with E-state index >= 15 is 0 Å². The van der Waals surface area contributed by atoms with Crippen molar-refractivity contribution >= 4 is 10.0 Å². The highest BCUT2D eigenvalue weighted by Crippen LogP contribution is 2.26. The van der Waals surface area contributed by atoms with Crippen LogP contribution in [0, 0.1) is 6.92 Å². The lowest BCUT2D eigenvalue weighted by atomic mass is 10.00. The molecule has 3 rings (SSSR count). The zero-order chi connectivity index (χ0) is 15.7. The molecular formula is C15H23N3O3S. The molecule has 2 atom stereocenters. The van der Waals surface area contributed by atoms with Gasteiger partial charge in [-0.1, -0.05) is 6.07 Å². The summed E-state index contributed by atoms with van der Waals surface area (Å²) in [6.07, 6.45) is 3.98. The topological polar surface area (TPSA) is 62.7 Å². The van der Waals surface area contributed by atoms with Crippen molar-refractivity contribution in [2.45, 2.75) is 32.0 Å². The average molecular weight is 325 g/mol. The van der Waals surface area contributed by atoms with Crippen LogP contribution in [0.25, 0.3) is 0 Å². The Morgan fingerprint density at radius 1 is 1.41 bits per heavy atom. The van der Waals surface area contributed by atoms with E-state index in [-0.39, 0.29) is 12.1 Å². The Morgan fingerprint density at radius 2 is 2.23 bits per heavy atom. The second-order valence-corrected chi connectivity index (χ2v) is 8.08. The quantitative estimate of drug-likeness (QED) is 0.815. The summed E-state index contributed by atoms with van der Waals surface area (Å²) in [6.45, 7) is 5.38. The summed E-state index contributed by atoms with van der Waals surface area (Å²) in [5.41, 5.74) is 2.23. The number of aryl methyl sites for hydroxylation is 1. The van der Waals surface area contributed by atoms with Gasteiger partial charge in [0.2, 0.25) is 10.0 Å². The summed E-state index contributed by atoms with van der Waals surface area (Å²) in [4.78, 5) is 6.72. The van der Waals surface area contributed by atoms with Crippen LogP contribution >= 0.6 is 0 Å². The third-order valence-corrected chi connectivity index (χ3v) is 5.84. The SMILES string of the molecule is Cc1cccnc1CN1CC[C@@H]2OCCN(S(C)(=O)=O)[C@H]2C1. The Hall–Kier alpha value is -1.02. The van der Waals surface area contributed by atoms with Gasteiger partial charge in [-0.05, 0) is 25.0 Å². The van der Waals surface area contributed by atoms with Gasteiger partial charge in [0, 0.05) is 32.4 Å². The van der Waals surface area contributed by atoms with E-state index < -0.39 is 10.0 Å². The first kappa shape index (κ1) is 15.9. The number of morpholine rings is 1. The maximum absolute atomic E-state index is 12.0. The molecule has 0 spiro atoms. The number of fused-ring (bicyclic) bond motifs is 1. The molecule has 0 bridgehead atoms. The van der Waals surface area contributed by atoms with E-state index in [4.69, 9.17) is 4.74 Å². The lowest BCUT2D eigenvalue weighted by Gasteiger charge is -2.45. The summed E-state index contributed by atoms with van der Waals surface area (Å²) in [7, 11) is -3.19. The molecule has 0 radical (unpaired) electrons. The van der Waals surface area contributed by atoms with Crippen LogP contribution in [0.2, 0.25) is 0 Å². The molecule has 0 amide bonds. The molecule has 1 aromatic rings. The molecular weight excluding hydrogens is 302 g/mol. The molecule has 7 heteroatoms. The standard InChI is InChI=1S/C15H23N3O3S/c1-12-4-3-6-16-13(12)10-17-7-5-15-14(11-17)18(8-9-21-15)22(2,19)20/h3-4,6,14-15H,5,7-11H2,1-2H3/t14-,15-/m0/s1. The summed E-state index contributed by atoms with van der Waals surface area (Å²) in [5.74, 6) is 0. The van der Waals surface area contributed by atoms with Gasteiger partial charge in [0.25, 0.3) is 0 Å². The van der Waals surface area contributed by atoms with Gasteiger partial charge >= 0.3 is 0 Å². The summed E-state index contributed by atoms with van der Waals surface area (Å²) < 4.78 is 31.4. The van der Waals surface area contributed by atoms with Crippen LogP contribution < -0.4 is 0 Å². The lowest BCUT2D eigenvalue weighted by molar-refractivity contribution is -0.0769. The third-order valence-electron chi connectivity index (χ3n) is 4.53. The van der Waals surface area contributed by atoms with Crippen molar-refractivity contribution < 1.29 is 13.2 Å². The van der Waals surface area contributed by atoms with Crippen LogP contribution in [0.3, 0.4) is 0 Å². The van der Waals surface area contributed by atoms with Crippen molar-refractivity contribution in [3.8, 4) is 0 Å². The predicted octanol–water partition coefficient (Wildman–Crippen LogP) is 0.625. The zero-order valence-electron chi connectivity index (χ0n) is 13.1.